The van der Waals surface area contributed by atoms with Crippen molar-refractivity contribution in [2.45, 2.75) is 12.8 Å². The molecular weight excluding hydrogens is 192 g/mol. The van der Waals surface area contributed by atoms with Crippen LogP contribution < -0.4 is 10.6 Å². The second-order valence-corrected chi connectivity index (χ2v) is 3.69. The quantitative estimate of drug-likeness (QED) is 0.615. The largest absolute Gasteiger partial charge is 0.371 e. The van der Waals surface area contributed by atoms with E-state index in [1.165, 1.54) is 0 Å². The highest BCUT2D eigenvalue weighted by Gasteiger charge is 2.13. The van der Waals surface area contributed by atoms with Crippen LogP contribution >= 0.6 is 0 Å². The van der Waals surface area contributed by atoms with Gasteiger partial charge in [-0.1, -0.05) is 5.92 Å². The minimum absolute atomic E-state index is 0.117. The smallest absolute Gasteiger partial charge is 0.246 e. The Kier molecular flexibility index (Phi) is 5.83. The van der Waals surface area contributed by atoms with Gasteiger partial charge >= 0.3 is 0 Å². The lowest BCUT2D eigenvalue weighted by Gasteiger charge is -2.22. The molecule has 1 aliphatic heterocycles. The van der Waals surface area contributed by atoms with E-state index in [2.05, 4.69) is 16.6 Å². The number of hydrogen-bond acceptors (Lipinski definition) is 3. The molecule has 1 heterocycles. The Balaban J connectivity index is 2.00. The number of terminal acetylenes is 1. The minimum atomic E-state index is -0.137. The van der Waals surface area contributed by atoms with E-state index in [0.29, 0.717) is 12.5 Å². The first-order valence-electron chi connectivity index (χ1n) is 5.31. The standard InChI is InChI=1S/C11H18N2O2/c1-2-5-13-11(14)9-15-8-10-3-6-12-7-4-10/h1,10,12H,3-9H2,(H,13,14). The van der Waals surface area contributed by atoms with E-state index in [9.17, 15) is 4.79 Å². The van der Waals surface area contributed by atoms with Crippen LogP contribution in [0.5, 0.6) is 0 Å². The number of amides is 1. The van der Waals surface area contributed by atoms with Crippen molar-refractivity contribution in [1.29, 1.82) is 0 Å². The third-order valence-corrected chi connectivity index (χ3v) is 2.43. The maximum Gasteiger partial charge on any atom is 0.246 e. The molecule has 1 fully saturated rings. The van der Waals surface area contributed by atoms with Gasteiger partial charge in [-0.2, -0.15) is 0 Å². The molecule has 1 saturated heterocycles. The van der Waals surface area contributed by atoms with E-state index in [4.69, 9.17) is 11.2 Å². The second kappa shape index (κ2) is 7.27. The van der Waals surface area contributed by atoms with Crippen LogP contribution in [-0.2, 0) is 9.53 Å². The van der Waals surface area contributed by atoms with E-state index in [0.717, 1.165) is 25.9 Å². The number of nitrogens with one attached hydrogen (secondary N) is 2. The van der Waals surface area contributed by atoms with Gasteiger partial charge < -0.3 is 15.4 Å². The van der Waals surface area contributed by atoms with Crippen LogP contribution in [0.4, 0.5) is 0 Å². The summed E-state index contributed by atoms with van der Waals surface area (Å²) in [5.74, 6) is 2.80. The number of ether oxygens (including phenoxy) is 1. The SMILES string of the molecule is C#CCNC(=O)COCC1CCNCC1. The average Bonchev–Trinajstić information content (AvgIpc) is 2.28. The highest BCUT2D eigenvalue weighted by atomic mass is 16.5. The zero-order valence-corrected chi connectivity index (χ0v) is 8.92. The van der Waals surface area contributed by atoms with E-state index in [-0.39, 0.29) is 19.1 Å². The van der Waals surface area contributed by atoms with Crippen molar-refractivity contribution < 1.29 is 9.53 Å². The van der Waals surface area contributed by atoms with Gasteiger partial charge in [0.1, 0.15) is 6.61 Å². The topological polar surface area (TPSA) is 50.4 Å². The zero-order valence-electron chi connectivity index (χ0n) is 8.92. The molecule has 2 N–H and O–H groups in total. The molecule has 0 unspecified atom stereocenters. The van der Waals surface area contributed by atoms with Crippen molar-refractivity contribution in [2.75, 3.05) is 32.8 Å². The van der Waals surface area contributed by atoms with Crippen LogP contribution in [0.2, 0.25) is 0 Å². The molecule has 1 rings (SSSR count). The third-order valence-electron chi connectivity index (χ3n) is 2.43. The Bertz CT molecular complexity index is 229. The third kappa shape index (κ3) is 5.40. The van der Waals surface area contributed by atoms with Gasteiger partial charge in [0.15, 0.2) is 0 Å². The van der Waals surface area contributed by atoms with E-state index < -0.39 is 0 Å². The molecule has 0 aromatic heterocycles. The fraction of sp³-hybridized carbons (Fsp3) is 0.727. The molecule has 0 aromatic carbocycles. The Hall–Kier alpha value is -1.05. The maximum absolute atomic E-state index is 11.1. The summed E-state index contributed by atoms with van der Waals surface area (Å²) >= 11 is 0. The normalized spacial score (nSPS) is 17.0. The van der Waals surface area contributed by atoms with Gasteiger partial charge in [0, 0.05) is 0 Å². The van der Waals surface area contributed by atoms with E-state index in [1.807, 2.05) is 0 Å². The molecule has 0 radical (unpaired) electrons. The van der Waals surface area contributed by atoms with Crippen molar-refractivity contribution in [2.24, 2.45) is 5.92 Å². The number of carbonyl (C=O) groups is 1. The molecular formula is C11H18N2O2. The van der Waals surface area contributed by atoms with Crippen LogP contribution in [0.1, 0.15) is 12.8 Å². The number of rotatable bonds is 5. The summed E-state index contributed by atoms with van der Waals surface area (Å²) in [5, 5.41) is 5.84. The maximum atomic E-state index is 11.1. The van der Waals surface area contributed by atoms with Crippen LogP contribution in [-0.4, -0.2) is 38.8 Å². The van der Waals surface area contributed by atoms with Gasteiger partial charge in [0.2, 0.25) is 5.91 Å². The van der Waals surface area contributed by atoms with Crippen LogP contribution in [0.25, 0.3) is 0 Å². The van der Waals surface area contributed by atoms with Crippen LogP contribution in [0.15, 0.2) is 0 Å². The van der Waals surface area contributed by atoms with Gasteiger partial charge in [-0.15, -0.1) is 6.42 Å². The first-order chi connectivity index (χ1) is 7.33. The monoisotopic (exact) mass is 210 g/mol. The number of piperidine rings is 1. The Morgan fingerprint density at radius 1 is 1.53 bits per heavy atom. The minimum Gasteiger partial charge on any atom is -0.371 e. The summed E-state index contributed by atoms with van der Waals surface area (Å²) in [4.78, 5) is 11.1. The van der Waals surface area contributed by atoms with Crippen LogP contribution in [0.3, 0.4) is 0 Å². The predicted octanol–water partition coefficient (Wildman–Crippen LogP) is -0.248. The molecule has 84 valence electrons. The van der Waals surface area contributed by atoms with Crippen molar-refractivity contribution in [3.63, 3.8) is 0 Å². The Morgan fingerprint density at radius 3 is 2.93 bits per heavy atom. The molecule has 0 bridgehead atoms. The molecule has 4 heteroatoms. The molecule has 0 atom stereocenters. The first-order valence-corrected chi connectivity index (χ1v) is 5.31. The van der Waals surface area contributed by atoms with Gasteiger partial charge in [-0.05, 0) is 31.8 Å². The van der Waals surface area contributed by atoms with Crippen molar-refractivity contribution in [1.82, 2.24) is 10.6 Å². The van der Waals surface area contributed by atoms with Crippen LogP contribution in [0, 0.1) is 18.3 Å². The molecule has 0 spiro atoms. The fourth-order valence-electron chi connectivity index (χ4n) is 1.57. The van der Waals surface area contributed by atoms with E-state index >= 15 is 0 Å². The summed E-state index contributed by atoms with van der Waals surface area (Å²) < 4.78 is 5.32. The Labute approximate surface area is 90.8 Å². The highest BCUT2D eigenvalue weighted by molar-refractivity contribution is 5.77. The van der Waals surface area contributed by atoms with Gasteiger partial charge in [-0.25, -0.2) is 0 Å². The summed E-state index contributed by atoms with van der Waals surface area (Å²) in [7, 11) is 0. The van der Waals surface area contributed by atoms with Gasteiger partial charge in [-0.3, -0.25) is 4.79 Å². The van der Waals surface area contributed by atoms with Gasteiger partial charge in [0.05, 0.1) is 13.2 Å². The molecule has 4 nitrogen and oxygen atoms in total. The zero-order chi connectivity index (χ0) is 10.9. The lowest BCUT2D eigenvalue weighted by atomic mass is 9.99. The molecule has 1 aliphatic rings. The van der Waals surface area contributed by atoms with E-state index in [1.54, 1.807) is 0 Å². The number of carbonyl (C=O) groups excluding carboxylic acids is 1. The molecule has 0 aromatic rings. The van der Waals surface area contributed by atoms with Crippen molar-refractivity contribution >= 4 is 5.91 Å². The lowest BCUT2D eigenvalue weighted by molar-refractivity contribution is -0.125. The van der Waals surface area contributed by atoms with Crippen molar-refractivity contribution in [3.05, 3.63) is 0 Å². The summed E-state index contributed by atoms with van der Waals surface area (Å²) in [6, 6.07) is 0. The summed E-state index contributed by atoms with van der Waals surface area (Å²) in [6.07, 6.45) is 7.27. The lowest BCUT2D eigenvalue weighted by Crippen LogP contribution is -2.32. The molecule has 0 saturated carbocycles. The first kappa shape index (κ1) is 12.0. The number of hydrogen-bond donors (Lipinski definition) is 2. The van der Waals surface area contributed by atoms with Crippen molar-refractivity contribution in [3.8, 4) is 12.3 Å². The van der Waals surface area contributed by atoms with Gasteiger partial charge in [0.25, 0.3) is 0 Å². The molecule has 15 heavy (non-hydrogen) atoms. The molecule has 1 amide bonds. The average molecular weight is 210 g/mol. The fourth-order valence-corrected chi connectivity index (χ4v) is 1.57. The highest BCUT2D eigenvalue weighted by Crippen LogP contribution is 2.11. The summed E-state index contributed by atoms with van der Waals surface area (Å²) in [5.41, 5.74) is 0. The second-order valence-electron chi connectivity index (χ2n) is 3.69. The predicted molar refractivity (Wildman–Crippen MR) is 58.3 cm³/mol. The summed E-state index contributed by atoms with van der Waals surface area (Å²) in [6.45, 7) is 3.17. The molecule has 0 aliphatic carbocycles. The Morgan fingerprint density at radius 2 is 2.27 bits per heavy atom.